The van der Waals surface area contributed by atoms with Crippen molar-refractivity contribution in [3.63, 3.8) is 0 Å². The standard InChI is InChI=1S/C20H23FN2OS/c1-20(2,3)14-8-9-16-17(12-14)25-19(22-16)23-18(24)10-7-13-5-4-6-15(21)11-13/h4-7,10-11,14H,8-9,12H2,1-3H3,(H,22,23,24)/b10-7+. The fourth-order valence-corrected chi connectivity index (χ4v) is 4.19. The minimum atomic E-state index is -0.316. The number of carbonyl (C=O) groups excluding carboxylic acids is 1. The third kappa shape index (κ3) is 4.54. The number of halogens is 1. The van der Waals surface area contributed by atoms with E-state index in [1.54, 1.807) is 29.5 Å². The number of amides is 1. The van der Waals surface area contributed by atoms with E-state index in [1.165, 1.54) is 23.1 Å². The van der Waals surface area contributed by atoms with Gasteiger partial charge < -0.3 is 0 Å². The molecule has 0 spiro atoms. The summed E-state index contributed by atoms with van der Waals surface area (Å²) in [5.74, 6) is 0.0863. The number of aryl methyl sites for hydroxylation is 1. The van der Waals surface area contributed by atoms with Crippen molar-refractivity contribution in [2.24, 2.45) is 11.3 Å². The number of nitrogens with one attached hydrogen (secondary N) is 1. The highest BCUT2D eigenvalue weighted by Crippen LogP contribution is 2.40. The molecular weight excluding hydrogens is 335 g/mol. The highest BCUT2D eigenvalue weighted by atomic mass is 32.1. The molecule has 25 heavy (non-hydrogen) atoms. The van der Waals surface area contributed by atoms with Crippen LogP contribution in [0.2, 0.25) is 0 Å². The van der Waals surface area contributed by atoms with Crippen molar-refractivity contribution in [2.45, 2.75) is 40.0 Å². The zero-order valence-electron chi connectivity index (χ0n) is 14.8. The number of aromatic nitrogens is 1. The Morgan fingerprint density at radius 2 is 2.20 bits per heavy atom. The molecule has 0 bridgehead atoms. The number of nitrogens with zero attached hydrogens (tertiary/aromatic N) is 1. The molecule has 1 atom stereocenters. The summed E-state index contributed by atoms with van der Waals surface area (Å²) >= 11 is 1.57. The van der Waals surface area contributed by atoms with Crippen LogP contribution < -0.4 is 5.32 Å². The van der Waals surface area contributed by atoms with Crippen molar-refractivity contribution in [3.05, 3.63) is 52.3 Å². The molecule has 5 heteroatoms. The van der Waals surface area contributed by atoms with Crippen LogP contribution in [-0.2, 0) is 17.6 Å². The minimum Gasteiger partial charge on any atom is -0.298 e. The van der Waals surface area contributed by atoms with E-state index in [9.17, 15) is 9.18 Å². The average molecular weight is 358 g/mol. The molecule has 0 fully saturated rings. The van der Waals surface area contributed by atoms with E-state index in [0.29, 0.717) is 22.0 Å². The summed E-state index contributed by atoms with van der Waals surface area (Å²) < 4.78 is 13.1. The summed E-state index contributed by atoms with van der Waals surface area (Å²) in [7, 11) is 0. The van der Waals surface area contributed by atoms with Gasteiger partial charge in [0.1, 0.15) is 5.82 Å². The molecule has 3 nitrogen and oxygen atoms in total. The van der Waals surface area contributed by atoms with Gasteiger partial charge in [-0.05, 0) is 54.4 Å². The zero-order chi connectivity index (χ0) is 18.0. The third-order valence-corrected chi connectivity index (χ3v) is 5.71. The number of carbonyl (C=O) groups is 1. The highest BCUT2D eigenvalue weighted by molar-refractivity contribution is 7.15. The van der Waals surface area contributed by atoms with Crippen LogP contribution in [0.15, 0.2) is 30.3 Å². The number of hydrogen-bond donors (Lipinski definition) is 1. The normalized spacial score (nSPS) is 17.5. The molecule has 1 aliphatic carbocycles. The van der Waals surface area contributed by atoms with Crippen LogP contribution in [0.1, 0.15) is 43.3 Å². The summed E-state index contributed by atoms with van der Waals surface area (Å²) in [5.41, 5.74) is 2.07. The average Bonchev–Trinajstić information content (AvgIpc) is 2.93. The second-order valence-corrected chi connectivity index (χ2v) is 8.66. The van der Waals surface area contributed by atoms with Gasteiger partial charge in [0.25, 0.3) is 0 Å². The lowest BCUT2D eigenvalue weighted by Gasteiger charge is -2.33. The minimum absolute atomic E-state index is 0.247. The van der Waals surface area contributed by atoms with Crippen LogP contribution in [-0.4, -0.2) is 10.9 Å². The predicted octanol–water partition coefficient (Wildman–Crippen LogP) is 5.09. The summed E-state index contributed by atoms with van der Waals surface area (Å²) in [6.07, 6.45) is 6.16. The quantitative estimate of drug-likeness (QED) is 0.777. The monoisotopic (exact) mass is 358 g/mol. The van der Waals surface area contributed by atoms with Gasteiger partial charge in [-0.25, -0.2) is 9.37 Å². The van der Waals surface area contributed by atoms with E-state index in [0.717, 1.165) is 25.0 Å². The number of benzene rings is 1. The summed E-state index contributed by atoms with van der Waals surface area (Å²) in [5, 5.41) is 3.47. The molecule has 0 saturated heterocycles. The van der Waals surface area contributed by atoms with E-state index >= 15 is 0 Å². The molecule has 2 aromatic rings. The predicted molar refractivity (Wildman–Crippen MR) is 101 cm³/mol. The Bertz CT molecular complexity index is 804. The molecule has 0 radical (unpaired) electrons. The van der Waals surface area contributed by atoms with Gasteiger partial charge in [0.15, 0.2) is 5.13 Å². The van der Waals surface area contributed by atoms with E-state index < -0.39 is 0 Å². The van der Waals surface area contributed by atoms with Crippen molar-refractivity contribution in [1.29, 1.82) is 0 Å². The van der Waals surface area contributed by atoms with Crippen molar-refractivity contribution in [1.82, 2.24) is 4.98 Å². The number of hydrogen-bond acceptors (Lipinski definition) is 3. The molecule has 0 saturated carbocycles. The molecular formula is C20H23FN2OS. The molecule has 1 unspecified atom stereocenters. The van der Waals surface area contributed by atoms with E-state index in [2.05, 4.69) is 31.1 Å². The number of anilines is 1. The van der Waals surface area contributed by atoms with Gasteiger partial charge >= 0.3 is 0 Å². The summed E-state index contributed by atoms with van der Waals surface area (Å²) in [4.78, 5) is 17.9. The van der Waals surface area contributed by atoms with Gasteiger partial charge in [0.05, 0.1) is 5.69 Å². The van der Waals surface area contributed by atoms with Gasteiger partial charge in [0.2, 0.25) is 5.91 Å². The Kier molecular flexibility index (Phi) is 5.04. The van der Waals surface area contributed by atoms with Crippen LogP contribution in [0.4, 0.5) is 9.52 Å². The molecule has 1 aliphatic rings. The fraction of sp³-hybridized carbons (Fsp3) is 0.400. The number of rotatable bonds is 3. The maximum atomic E-state index is 13.1. The van der Waals surface area contributed by atoms with E-state index in [4.69, 9.17) is 0 Å². The van der Waals surface area contributed by atoms with Crippen LogP contribution in [0.3, 0.4) is 0 Å². The molecule has 1 aromatic carbocycles. The molecule has 3 rings (SSSR count). The van der Waals surface area contributed by atoms with Crippen LogP contribution in [0.5, 0.6) is 0 Å². The molecule has 1 amide bonds. The molecule has 0 aliphatic heterocycles. The Hall–Kier alpha value is -2.01. The second-order valence-electron chi connectivity index (χ2n) is 7.57. The lowest BCUT2D eigenvalue weighted by molar-refractivity contribution is -0.111. The summed E-state index contributed by atoms with van der Waals surface area (Å²) in [6, 6.07) is 6.13. The van der Waals surface area contributed by atoms with Gasteiger partial charge in [-0.15, -0.1) is 11.3 Å². The number of fused-ring (bicyclic) bond motifs is 1. The Labute approximate surface area is 152 Å². The molecule has 1 aromatic heterocycles. The van der Waals surface area contributed by atoms with Crippen LogP contribution >= 0.6 is 11.3 Å². The van der Waals surface area contributed by atoms with Crippen molar-refractivity contribution in [2.75, 3.05) is 5.32 Å². The summed E-state index contributed by atoms with van der Waals surface area (Å²) in [6.45, 7) is 6.84. The maximum absolute atomic E-state index is 13.1. The molecule has 1 heterocycles. The van der Waals surface area contributed by atoms with E-state index in [-0.39, 0.29) is 11.7 Å². The molecule has 132 valence electrons. The highest BCUT2D eigenvalue weighted by Gasteiger charge is 2.30. The Balaban J connectivity index is 1.64. The Morgan fingerprint density at radius 1 is 1.40 bits per heavy atom. The number of thiazole rings is 1. The smallest absolute Gasteiger partial charge is 0.250 e. The molecule has 1 N–H and O–H groups in total. The lowest BCUT2D eigenvalue weighted by Crippen LogP contribution is -2.26. The van der Waals surface area contributed by atoms with Gasteiger partial charge in [0, 0.05) is 11.0 Å². The zero-order valence-corrected chi connectivity index (χ0v) is 15.6. The second kappa shape index (κ2) is 7.08. The SMILES string of the molecule is CC(C)(C)C1CCc2nc(NC(=O)/C=C/c3cccc(F)c3)sc2C1. The van der Waals surface area contributed by atoms with Crippen molar-refractivity contribution >= 4 is 28.5 Å². The first-order chi connectivity index (χ1) is 11.8. The van der Waals surface area contributed by atoms with Crippen LogP contribution in [0.25, 0.3) is 6.08 Å². The van der Waals surface area contributed by atoms with Crippen LogP contribution in [0, 0.1) is 17.2 Å². The van der Waals surface area contributed by atoms with E-state index in [1.807, 2.05) is 0 Å². The first-order valence-electron chi connectivity index (χ1n) is 8.54. The van der Waals surface area contributed by atoms with Gasteiger partial charge in [-0.3, -0.25) is 10.1 Å². The maximum Gasteiger partial charge on any atom is 0.250 e. The third-order valence-electron chi connectivity index (χ3n) is 4.67. The lowest BCUT2D eigenvalue weighted by atomic mass is 9.73. The van der Waals surface area contributed by atoms with Gasteiger partial charge in [-0.2, -0.15) is 0 Å². The fourth-order valence-electron chi connectivity index (χ4n) is 3.10. The van der Waals surface area contributed by atoms with Gasteiger partial charge in [-0.1, -0.05) is 32.9 Å². The largest absolute Gasteiger partial charge is 0.298 e. The van der Waals surface area contributed by atoms with Crippen molar-refractivity contribution in [3.8, 4) is 0 Å². The first-order valence-corrected chi connectivity index (χ1v) is 9.36. The Morgan fingerprint density at radius 3 is 2.92 bits per heavy atom. The first kappa shape index (κ1) is 17.8. The van der Waals surface area contributed by atoms with Crippen molar-refractivity contribution < 1.29 is 9.18 Å². The topological polar surface area (TPSA) is 42.0 Å².